The van der Waals surface area contributed by atoms with Crippen molar-refractivity contribution in [2.75, 3.05) is 6.79 Å². The van der Waals surface area contributed by atoms with Crippen LogP contribution < -0.4 is 5.73 Å². The topological polar surface area (TPSA) is 44.5 Å². The van der Waals surface area contributed by atoms with Gasteiger partial charge in [0.15, 0.2) is 6.79 Å². The first-order valence-corrected chi connectivity index (χ1v) is 4.54. The Labute approximate surface area is 79.2 Å². The minimum Gasteiger partial charge on any atom is -0.472 e. The smallest absolute Gasteiger partial charge is 0.189 e. The molecule has 1 fully saturated rings. The predicted molar refractivity (Wildman–Crippen MR) is 51.7 cm³/mol. The summed E-state index contributed by atoms with van der Waals surface area (Å²) in [6, 6.07) is 0. The first-order valence-electron chi connectivity index (χ1n) is 4.54. The van der Waals surface area contributed by atoms with Crippen molar-refractivity contribution in [3.05, 3.63) is 24.1 Å². The number of hydrogen-bond donors (Lipinski definition) is 1. The summed E-state index contributed by atoms with van der Waals surface area (Å²) in [7, 11) is 0. The number of rotatable bonds is 2. The van der Waals surface area contributed by atoms with Gasteiger partial charge in [-0.25, -0.2) is 0 Å². The van der Waals surface area contributed by atoms with Crippen molar-refractivity contribution in [1.82, 2.24) is 0 Å². The molecule has 2 N–H and O–H groups in total. The predicted octanol–water partition coefficient (Wildman–Crippen LogP) is 1.76. The largest absolute Gasteiger partial charge is 0.472 e. The average molecular weight is 183 g/mol. The third-order valence-electron chi connectivity index (χ3n) is 2.29. The molecule has 1 saturated heterocycles. The van der Waals surface area contributed by atoms with Gasteiger partial charge in [-0.2, -0.15) is 0 Å². The van der Waals surface area contributed by atoms with Gasteiger partial charge in [0.05, 0.1) is 11.9 Å². The van der Waals surface area contributed by atoms with Crippen LogP contribution in [0.2, 0.25) is 0 Å². The maximum atomic E-state index is 5.72. The third kappa shape index (κ3) is 2.49. The molecule has 3 heteroatoms. The van der Waals surface area contributed by atoms with E-state index in [-0.39, 0.29) is 18.8 Å². The fourth-order valence-electron chi connectivity index (χ4n) is 1.17. The molecule has 1 heterocycles. The van der Waals surface area contributed by atoms with Crippen LogP contribution in [-0.2, 0) is 9.47 Å². The highest BCUT2D eigenvalue weighted by Crippen LogP contribution is 2.23. The summed E-state index contributed by atoms with van der Waals surface area (Å²) in [5.74, 6) is 0.954. The summed E-state index contributed by atoms with van der Waals surface area (Å²) >= 11 is 0. The van der Waals surface area contributed by atoms with Crippen LogP contribution in [0.5, 0.6) is 0 Å². The van der Waals surface area contributed by atoms with Gasteiger partial charge in [-0.1, -0.05) is 20.4 Å². The summed E-state index contributed by atoms with van der Waals surface area (Å²) in [6.45, 7) is 8.12. The molecule has 0 radical (unpaired) electrons. The summed E-state index contributed by atoms with van der Waals surface area (Å²) in [6.07, 6.45) is 2.80. The maximum absolute atomic E-state index is 5.72. The Hall–Kier alpha value is -0.960. The molecule has 0 amide bonds. The Morgan fingerprint density at radius 2 is 2.46 bits per heavy atom. The molecule has 74 valence electrons. The molecule has 0 aromatic carbocycles. The molecule has 13 heavy (non-hydrogen) atoms. The van der Waals surface area contributed by atoms with Crippen LogP contribution in [0.25, 0.3) is 0 Å². The first-order chi connectivity index (χ1) is 6.15. The number of hydrogen-bond acceptors (Lipinski definition) is 3. The van der Waals surface area contributed by atoms with Crippen molar-refractivity contribution < 1.29 is 9.47 Å². The van der Waals surface area contributed by atoms with E-state index in [1.807, 2.05) is 19.9 Å². The highest BCUT2D eigenvalue weighted by Gasteiger charge is 2.24. The van der Waals surface area contributed by atoms with Gasteiger partial charge >= 0.3 is 0 Å². The zero-order chi connectivity index (χ0) is 9.84. The molecule has 2 unspecified atom stereocenters. The summed E-state index contributed by atoms with van der Waals surface area (Å²) in [5, 5.41) is 0. The fourth-order valence-corrected chi connectivity index (χ4v) is 1.17. The molecule has 3 nitrogen and oxygen atoms in total. The van der Waals surface area contributed by atoms with E-state index >= 15 is 0 Å². The van der Waals surface area contributed by atoms with Gasteiger partial charge in [-0.15, -0.1) is 0 Å². The van der Waals surface area contributed by atoms with Crippen molar-refractivity contribution in [3.63, 3.8) is 0 Å². The van der Waals surface area contributed by atoms with Gasteiger partial charge in [-0.3, -0.25) is 0 Å². The Morgan fingerprint density at radius 1 is 1.77 bits per heavy atom. The minimum absolute atomic E-state index is 0.0150. The molecule has 1 aliphatic rings. The first kappa shape index (κ1) is 10.1. The van der Waals surface area contributed by atoms with E-state index in [9.17, 15) is 0 Å². The molecule has 1 rings (SSSR count). The number of allylic oxidation sites excluding steroid dienone is 1. The summed E-state index contributed by atoms with van der Waals surface area (Å²) < 4.78 is 10.5. The van der Waals surface area contributed by atoms with Crippen molar-refractivity contribution in [2.24, 2.45) is 11.7 Å². The number of ether oxygens (including phenoxy) is 2. The van der Waals surface area contributed by atoms with Crippen LogP contribution in [0.1, 0.15) is 20.3 Å². The molecule has 0 saturated carbocycles. The van der Waals surface area contributed by atoms with Gasteiger partial charge in [0.1, 0.15) is 0 Å². The highest BCUT2D eigenvalue weighted by molar-refractivity contribution is 5.07. The van der Waals surface area contributed by atoms with E-state index in [0.717, 1.165) is 17.9 Å². The van der Waals surface area contributed by atoms with Crippen LogP contribution in [0.15, 0.2) is 24.1 Å². The molecule has 0 aromatic rings. The second kappa shape index (κ2) is 4.33. The second-order valence-corrected chi connectivity index (χ2v) is 3.24. The maximum Gasteiger partial charge on any atom is 0.189 e. The molecular formula is C10H17NO2. The lowest BCUT2D eigenvalue weighted by Gasteiger charge is -2.29. The van der Waals surface area contributed by atoms with Crippen molar-refractivity contribution in [1.29, 1.82) is 0 Å². The summed E-state index contributed by atoms with van der Waals surface area (Å²) in [4.78, 5) is 0. The lowest BCUT2D eigenvalue weighted by Crippen LogP contribution is -2.29. The van der Waals surface area contributed by atoms with E-state index in [2.05, 4.69) is 6.58 Å². The van der Waals surface area contributed by atoms with E-state index in [1.54, 1.807) is 0 Å². The zero-order valence-electron chi connectivity index (χ0n) is 8.25. The zero-order valence-corrected chi connectivity index (χ0v) is 8.25. The number of nitrogens with two attached hydrogens (primary N) is 1. The van der Waals surface area contributed by atoms with Crippen molar-refractivity contribution >= 4 is 0 Å². The molecule has 0 bridgehead atoms. The van der Waals surface area contributed by atoms with E-state index < -0.39 is 0 Å². The van der Waals surface area contributed by atoms with Crippen LogP contribution in [0.3, 0.4) is 0 Å². The van der Waals surface area contributed by atoms with Gasteiger partial charge in [-0.05, 0) is 12.5 Å². The lowest BCUT2D eigenvalue weighted by molar-refractivity contribution is -0.112. The van der Waals surface area contributed by atoms with Gasteiger partial charge in [0, 0.05) is 11.6 Å². The van der Waals surface area contributed by atoms with Crippen LogP contribution in [0.4, 0.5) is 0 Å². The SMILES string of the molecule is C=C1OCOC(/C=C(/N)CC)C1C. The molecule has 0 spiro atoms. The lowest BCUT2D eigenvalue weighted by atomic mass is 10.0. The van der Waals surface area contributed by atoms with Crippen LogP contribution in [0, 0.1) is 5.92 Å². The molecular weight excluding hydrogens is 166 g/mol. The van der Waals surface area contributed by atoms with Crippen molar-refractivity contribution in [3.8, 4) is 0 Å². The standard InChI is InChI=1S/C10H17NO2/c1-4-9(11)5-10-7(2)8(3)12-6-13-10/h5,7,10H,3-4,6,11H2,1-2H3/b9-5+. The Balaban J connectivity index is 2.63. The molecule has 2 atom stereocenters. The molecule has 0 aromatic heterocycles. The van der Waals surface area contributed by atoms with Crippen molar-refractivity contribution in [2.45, 2.75) is 26.4 Å². The Bertz CT molecular complexity index is 223. The monoisotopic (exact) mass is 183 g/mol. The van der Waals surface area contributed by atoms with Gasteiger partial charge in [0.25, 0.3) is 0 Å². The quantitative estimate of drug-likeness (QED) is 0.709. The van der Waals surface area contributed by atoms with E-state index in [1.165, 1.54) is 0 Å². The highest BCUT2D eigenvalue weighted by atomic mass is 16.7. The van der Waals surface area contributed by atoms with Crippen LogP contribution in [-0.4, -0.2) is 12.9 Å². The van der Waals surface area contributed by atoms with E-state index in [0.29, 0.717) is 0 Å². The van der Waals surface area contributed by atoms with Crippen LogP contribution >= 0.6 is 0 Å². The fraction of sp³-hybridized carbons (Fsp3) is 0.600. The minimum atomic E-state index is 0.0150. The average Bonchev–Trinajstić information content (AvgIpc) is 2.13. The van der Waals surface area contributed by atoms with E-state index in [4.69, 9.17) is 15.2 Å². The molecule has 1 aliphatic heterocycles. The Morgan fingerprint density at radius 3 is 3.08 bits per heavy atom. The van der Waals surface area contributed by atoms with Gasteiger partial charge in [0.2, 0.25) is 0 Å². The summed E-state index contributed by atoms with van der Waals surface area (Å²) in [5.41, 5.74) is 6.58. The Kier molecular flexibility index (Phi) is 3.37. The second-order valence-electron chi connectivity index (χ2n) is 3.24. The molecule has 0 aliphatic carbocycles. The third-order valence-corrected chi connectivity index (χ3v) is 2.29. The normalized spacial score (nSPS) is 30.0. The van der Waals surface area contributed by atoms with Gasteiger partial charge < -0.3 is 15.2 Å².